The molecule has 0 radical (unpaired) electrons. The molecule has 10 nitrogen and oxygen atoms in total. The SMILES string of the molecule is COc1cc(/C=C2/C(=O)NC(=O)N(c3ccc(C)c(Cl)c3)C2=O)c(Br)cc1OCc1ccc([N+](=O)[O-])cc1. The molecule has 1 aliphatic heterocycles. The van der Waals surface area contributed by atoms with Crippen molar-refractivity contribution < 1.29 is 28.8 Å². The highest BCUT2D eigenvalue weighted by molar-refractivity contribution is 9.10. The Balaban J connectivity index is 1.61. The van der Waals surface area contributed by atoms with Crippen molar-refractivity contribution in [1.82, 2.24) is 5.32 Å². The van der Waals surface area contributed by atoms with Crippen LogP contribution in [0.15, 0.2) is 64.6 Å². The number of hydrogen-bond donors (Lipinski definition) is 1. The van der Waals surface area contributed by atoms with Crippen LogP contribution in [0.5, 0.6) is 11.5 Å². The van der Waals surface area contributed by atoms with Crippen LogP contribution in [0.25, 0.3) is 6.08 Å². The fourth-order valence-electron chi connectivity index (χ4n) is 3.58. The van der Waals surface area contributed by atoms with Gasteiger partial charge in [-0.05, 0) is 66.1 Å². The number of aryl methyl sites for hydroxylation is 1. The van der Waals surface area contributed by atoms with Gasteiger partial charge in [0.25, 0.3) is 17.5 Å². The third kappa shape index (κ3) is 5.53. The molecular formula is C26H19BrClN3O7. The first-order valence-electron chi connectivity index (χ1n) is 11.0. The van der Waals surface area contributed by atoms with Crippen LogP contribution in [0.3, 0.4) is 0 Å². The zero-order valence-corrected chi connectivity index (χ0v) is 22.3. The molecule has 1 heterocycles. The van der Waals surface area contributed by atoms with Crippen molar-refractivity contribution in [2.24, 2.45) is 0 Å². The molecule has 12 heteroatoms. The zero-order chi connectivity index (χ0) is 27.6. The number of urea groups is 1. The summed E-state index contributed by atoms with van der Waals surface area (Å²) in [5.74, 6) is -1.00. The van der Waals surface area contributed by atoms with Crippen molar-refractivity contribution in [2.45, 2.75) is 13.5 Å². The molecule has 0 aromatic heterocycles. The van der Waals surface area contributed by atoms with Crippen molar-refractivity contribution in [3.05, 3.63) is 96.5 Å². The van der Waals surface area contributed by atoms with Gasteiger partial charge >= 0.3 is 6.03 Å². The van der Waals surface area contributed by atoms with E-state index in [9.17, 15) is 24.5 Å². The van der Waals surface area contributed by atoms with E-state index in [-0.39, 0.29) is 23.6 Å². The van der Waals surface area contributed by atoms with Gasteiger partial charge in [0, 0.05) is 21.6 Å². The molecule has 4 rings (SSSR count). The van der Waals surface area contributed by atoms with Crippen molar-refractivity contribution in [1.29, 1.82) is 0 Å². The molecule has 0 unspecified atom stereocenters. The van der Waals surface area contributed by atoms with Gasteiger partial charge in [0.1, 0.15) is 12.2 Å². The number of nitro groups is 1. The molecule has 0 aliphatic carbocycles. The number of nitrogens with one attached hydrogen (secondary N) is 1. The predicted molar refractivity (Wildman–Crippen MR) is 143 cm³/mol. The normalized spacial score (nSPS) is 14.5. The first-order valence-corrected chi connectivity index (χ1v) is 12.2. The van der Waals surface area contributed by atoms with Gasteiger partial charge in [-0.1, -0.05) is 33.6 Å². The number of nitrogens with zero attached hydrogens (tertiary/aromatic N) is 2. The fourth-order valence-corrected chi connectivity index (χ4v) is 4.19. The Bertz CT molecular complexity index is 1510. The molecule has 4 amide bonds. The lowest BCUT2D eigenvalue weighted by molar-refractivity contribution is -0.384. The third-order valence-corrected chi connectivity index (χ3v) is 6.73. The van der Waals surface area contributed by atoms with Gasteiger partial charge in [-0.25, -0.2) is 9.69 Å². The number of benzene rings is 3. The Morgan fingerprint density at radius 1 is 1.08 bits per heavy atom. The molecular weight excluding hydrogens is 582 g/mol. The van der Waals surface area contributed by atoms with Crippen LogP contribution in [0.2, 0.25) is 5.02 Å². The maximum Gasteiger partial charge on any atom is 0.335 e. The maximum atomic E-state index is 13.2. The van der Waals surface area contributed by atoms with E-state index < -0.39 is 22.8 Å². The summed E-state index contributed by atoms with van der Waals surface area (Å²) in [5.41, 5.74) is 1.79. The highest BCUT2D eigenvalue weighted by atomic mass is 79.9. The fraction of sp³-hybridized carbons (Fsp3) is 0.115. The van der Waals surface area contributed by atoms with Gasteiger partial charge < -0.3 is 9.47 Å². The van der Waals surface area contributed by atoms with E-state index in [1.54, 1.807) is 43.3 Å². The first-order chi connectivity index (χ1) is 18.1. The lowest BCUT2D eigenvalue weighted by Crippen LogP contribution is -2.54. The number of barbiturate groups is 1. The average molecular weight is 601 g/mol. The largest absolute Gasteiger partial charge is 0.493 e. The van der Waals surface area contributed by atoms with Gasteiger partial charge in [-0.15, -0.1) is 0 Å². The van der Waals surface area contributed by atoms with E-state index in [4.69, 9.17) is 21.1 Å². The minimum atomic E-state index is -0.885. The summed E-state index contributed by atoms with van der Waals surface area (Å²) in [6.45, 7) is 1.89. The van der Waals surface area contributed by atoms with E-state index in [1.165, 1.54) is 31.4 Å². The van der Waals surface area contributed by atoms with Crippen LogP contribution in [-0.2, 0) is 16.2 Å². The predicted octanol–water partition coefficient (Wildman–Crippen LogP) is 5.57. The molecule has 0 bridgehead atoms. The molecule has 0 atom stereocenters. The van der Waals surface area contributed by atoms with Crippen LogP contribution >= 0.6 is 27.5 Å². The van der Waals surface area contributed by atoms with Crippen LogP contribution in [-0.4, -0.2) is 29.9 Å². The Labute approximate surface area is 230 Å². The number of halogens is 2. The summed E-state index contributed by atoms with van der Waals surface area (Å²) in [6.07, 6.45) is 1.33. The number of ether oxygens (including phenoxy) is 2. The van der Waals surface area contributed by atoms with Crippen molar-refractivity contribution >= 4 is 62.8 Å². The van der Waals surface area contributed by atoms with E-state index in [2.05, 4.69) is 21.2 Å². The maximum absolute atomic E-state index is 13.2. The van der Waals surface area contributed by atoms with Gasteiger partial charge in [0.2, 0.25) is 0 Å². The molecule has 0 saturated carbocycles. The first kappa shape index (κ1) is 26.8. The number of carbonyl (C=O) groups excluding carboxylic acids is 3. The molecule has 1 aliphatic rings. The van der Waals surface area contributed by atoms with E-state index in [0.29, 0.717) is 32.1 Å². The quantitative estimate of drug-likeness (QED) is 0.162. The second-order valence-corrected chi connectivity index (χ2v) is 9.39. The lowest BCUT2D eigenvalue weighted by atomic mass is 10.1. The number of amides is 4. The van der Waals surface area contributed by atoms with E-state index in [0.717, 1.165) is 10.5 Å². The second-order valence-electron chi connectivity index (χ2n) is 8.13. The second kappa shape index (κ2) is 11.0. The van der Waals surface area contributed by atoms with E-state index in [1.807, 2.05) is 0 Å². The summed E-state index contributed by atoms with van der Waals surface area (Å²) in [5, 5.41) is 13.4. The standard InChI is InChI=1S/C26H19BrClN3O7/c1-14-3-6-18(11-21(14)28)30-25(33)19(24(32)29-26(30)34)9-16-10-22(37-2)23(12-20(16)27)38-13-15-4-7-17(8-5-15)31(35)36/h3-12H,13H2,1-2H3,(H,29,32,34)/b19-9-. The Morgan fingerprint density at radius 3 is 2.42 bits per heavy atom. The summed E-state index contributed by atoms with van der Waals surface area (Å²) in [6, 6.07) is 12.9. The van der Waals surface area contributed by atoms with Crippen LogP contribution < -0.4 is 19.7 Å². The number of non-ortho nitro benzene ring substituents is 1. The number of carbonyl (C=O) groups is 3. The zero-order valence-electron chi connectivity index (χ0n) is 20.0. The lowest BCUT2D eigenvalue weighted by Gasteiger charge is -2.26. The molecule has 1 saturated heterocycles. The van der Waals surface area contributed by atoms with Gasteiger partial charge in [-0.2, -0.15) is 0 Å². The van der Waals surface area contributed by atoms with Crippen LogP contribution in [0.1, 0.15) is 16.7 Å². The third-order valence-electron chi connectivity index (χ3n) is 5.64. The highest BCUT2D eigenvalue weighted by Gasteiger charge is 2.37. The summed E-state index contributed by atoms with van der Waals surface area (Å²) in [4.78, 5) is 49.5. The number of nitro benzene ring substituents is 1. The smallest absolute Gasteiger partial charge is 0.335 e. The molecule has 38 heavy (non-hydrogen) atoms. The number of methoxy groups -OCH3 is 1. The molecule has 3 aromatic carbocycles. The summed E-state index contributed by atoms with van der Waals surface area (Å²) in [7, 11) is 1.43. The highest BCUT2D eigenvalue weighted by Crippen LogP contribution is 2.36. The summed E-state index contributed by atoms with van der Waals surface area (Å²) < 4.78 is 11.7. The van der Waals surface area contributed by atoms with Crippen molar-refractivity contribution in [3.8, 4) is 11.5 Å². The summed E-state index contributed by atoms with van der Waals surface area (Å²) >= 11 is 9.59. The van der Waals surface area contributed by atoms with Crippen molar-refractivity contribution in [3.63, 3.8) is 0 Å². The van der Waals surface area contributed by atoms with Crippen LogP contribution in [0, 0.1) is 17.0 Å². The Hall–Kier alpha value is -4.22. The molecule has 194 valence electrons. The molecule has 3 aromatic rings. The minimum Gasteiger partial charge on any atom is -0.493 e. The number of imide groups is 2. The monoisotopic (exact) mass is 599 g/mol. The van der Waals surface area contributed by atoms with Crippen molar-refractivity contribution in [2.75, 3.05) is 12.0 Å². The van der Waals surface area contributed by atoms with Gasteiger partial charge in [0.05, 0.1) is 17.7 Å². The molecule has 0 spiro atoms. The number of rotatable bonds is 7. The molecule has 1 N–H and O–H groups in total. The number of hydrogen-bond acceptors (Lipinski definition) is 7. The Kier molecular flexibility index (Phi) is 7.79. The molecule has 1 fully saturated rings. The van der Waals surface area contributed by atoms with Crippen LogP contribution in [0.4, 0.5) is 16.2 Å². The average Bonchev–Trinajstić information content (AvgIpc) is 2.88. The minimum absolute atomic E-state index is 0.0292. The van der Waals surface area contributed by atoms with E-state index >= 15 is 0 Å². The number of anilines is 1. The Morgan fingerprint density at radius 2 is 1.79 bits per heavy atom. The topological polar surface area (TPSA) is 128 Å². The van der Waals surface area contributed by atoms with Gasteiger partial charge in [0.15, 0.2) is 11.5 Å². The van der Waals surface area contributed by atoms with Gasteiger partial charge in [-0.3, -0.25) is 25.0 Å².